The summed E-state index contributed by atoms with van der Waals surface area (Å²) in [5, 5.41) is 0. The molecule has 2 aromatic carbocycles. The summed E-state index contributed by atoms with van der Waals surface area (Å²) in [4.78, 5) is 4.29. The van der Waals surface area contributed by atoms with Crippen molar-refractivity contribution in [2.24, 2.45) is 0 Å². The fraction of sp³-hybridized carbons (Fsp3) is 0.0714. The summed E-state index contributed by atoms with van der Waals surface area (Å²) in [6.07, 6.45) is 0. The van der Waals surface area contributed by atoms with Crippen molar-refractivity contribution in [3.05, 3.63) is 55.8 Å². The molecule has 0 aliphatic rings. The number of anilines is 1. The Morgan fingerprint density at radius 1 is 1.25 bits per heavy atom. The molecule has 1 heterocycles. The van der Waals surface area contributed by atoms with Gasteiger partial charge in [0.05, 0.1) is 21.1 Å². The largest absolute Gasteiger partial charge is 0.369 e. The number of nitrogens with zero attached hydrogens (tertiary/aromatic N) is 2. The normalized spacial score (nSPS) is 11.2. The van der Waals surface area contributed by atoms with E-state index in [9.17, 15) is 4.39 Å². The molecule has 0 atom stereocenters. The van der Waals surface area contributed by atoms with E-state index < -0.39 is 0 Å². The first-order valence-corrected chi connectivity index (χ1v) is 7.77. The summed E-state index contributed by atoms with van der Waals surface area (Å²) >= 11 is 5.35. The van der Waals surface area contributed by atoms with Gasteiger partial charge in [-0.05, 0) is 46.4 Å². The molecular weight excluding hydrogens is 436 g/mol. The van der Waals surface area contributed by atoms with Gasteiger partial charge in [-0.2, -0.15) is 0 Å². The second kappa shape index (κ2) is 5.33. The zero-order chi connectivity index (χ0) is 14.3. The van der Waals surface area contributed by atoms with Crippen LogP contribution in [0, 0.1) is 9.39 Å². The number of hydrogen-bond acceptors (Lipinski definition) is 2. The molecule has 6 heteroatoms. The third-order valence-electron chi connectivity index (χ3n) is 3.07. The first-order valence-electron chi connectivity index (χ1n) is 5.90. The SMILES string of the molecule is Nc1nc2cc(I)c(F)cc2n1Cc1ccc(Br)cc1. The molecule has 0 amide bonds. The highest BCUT2D eigenvalue weighted by molar-refractivity contribution is 14.1. The number of nitrogen functional groups attached to an aromatic ring is 1. The minimum atomic E-state index is -0.255. The van der Waals surface area contributed by atoms with Crippen LogP contribution in [0.5, 0.6) is 0 Å². The van der Waals surface area contributed by atoms with Gasteiger partial charge in [-0.1, -0.05) is 28.1 Å². The third-order valence-corrected chi connectivity index (χ3v) is 4.43. The molecule has 0 bridgehead atoms. The number of fused-ring (bicyclic) bond motifs is 1. The van der Waals surface area contributed by atoms with Gasteiger partial charge in [0.2, 0.25) is 5.95 Å². The van der Waals surface area contributed by atoms with E-state index in [4.69, 9.17) is 5.73 Å². The zero-order valence-corrected chi connectivity index (χ0v) is 14.0. The van der Waals surface area contributed by atoms with Gasteiger partial charge < -0.3 is 10.3 Å². The van der Waals surface area contributed by atoms with E-state index in [2.05, 4.69) is 20.9 Å². The molecule has 0 radical (unpaired) electrons. The maximum Gasteiger partial charge on any atom is 0.201 e. The smallest absolute Gasteiger partial charge is 0.201 e. The summed E-state index contributed by atoms with van der Waals surface area (Å²) in [5.74, 6) is 0.138. The van der Waals surface area contributed by atoms with Crippen molar-refractivity contribution >= 4 is 55.5 Å². The molecule has 1 aromatic heterocycles. The Balaban J connectivity index is 2.08. The number of benzene rings is 2. The molecule has 0 aliphatic heterocycles. The van der Waals surface area contributed by atoms with Crippen LogP contribution in [0.1, 0.15) is 5.56 Å². The Hall–Kier alpha value is -1.15. The molecule has 20 heavy (non-hydrogen) atoms. The molecule has 102 valence electrons. The predicted molar refractivity (Wildman–Crippen MR) is 90.1 cm³/mol. The molecule has 0 spiro atoms. The van der Waals surface area contributed by atoms with Gasteiger partial charge in [-0.25, -0.2) is 9.37 Å². The summed E-state index contributed by atoms with van der Waals surface area (Å²) in [6.45, 7) is 0.565. The van der Waals surface area contributed by atoms with Crippen molar-refractivity contribution in [1.29, 1.82) is 0 Å². The van der Waals surface area contributed by atoms with Gasteiger partial charge in [-0.15, -0.1) is 0 Å². The van der Waals surface area contributed by atoms with Crippen LogP contribution in [0.4, 0.5) is 10.3 Å². The second-order valence-corrected chi connectivity index (χ2v) is 6.52. The van der Waals surface area contributed by atoms with Crippen LogP contribution in [0.3, 0.4) is 0 Å². The van der Waals surface area contributed by atoms with Gasteiger partial charge in [-0.3, -0.25) is 0 Å². The lowest BCUT2D eigenvalue weighted by molar-refractivity contribution is 0.621. The van der Waals surface area contributed by atoms with Gasteiger partial charge in [0, 0.05) is 10.5 Å². The van der Waals surface area contributed by atoms with Gasteiger partial charge in [0.1, 0.15) is 5.82 Å². The summed E-state index contributed by atoms with van der Waals surface area (Å²) < 4.78 is 17.1. The van der Waals surface area contributed by atoms with Gasteiger partial charge in [0.15, 0.2) is 0 Å². The molecule has 0 saturated carbocycles. The first-order chi connectivity index (χ1) is 9.54. The van der Waals surface area contributed by atoms with E-state index in [1.807, 2.05) is 51.4 Å². The van der Waals surface area contributed by atoms with E-state index >= 15 is 0 Å². The first kappa shape index (κ1) is 13.8. The highest BCUT2D eigenvalue weighted by Crippen LogP contribution is 2.24. The monoisotopic (exact) mass is 445 g/mol. The lowest BCUT2D eigenvalue weighted by atomic mass is 10.2. The highest BCUT2D eigenvalue weighted by Gasteiger charge is 2.11. The maximum atomic E-state index is 13.7. The van der Waals surface area contributed by atoms with Crippen molar-refractivity contribution < 1.29 is 4.39 Å². The Morgan fingerprint density at radius 3 is 2.65 bits per heavy atom. The molecule has 0 fully saturated rings. The summed E-state index contributed by atoms with van der Waals surface area (Å²) in [7, 11) is 0. The van der Waals surface area contributed by atoms with Gasteiger partial charge in [0.25, 0.3) is 0 Å². The van der Waals surface area contributed by atoms with Crippen molar-refractivity contribution in [2.75, 3.05) is 5.73 Å². The van der Waals surface area contributed by atoms with Crippen molar-refractivity contribution in [3.8, 4) is 0 Å². The van der Waals surface area contributed by atoms with E-state index in [1.165, 1.54) is 6.07 Å². The Kier molecular flexibility index (Phi) is 3.68. The van der Waals surface area contributed by atoms with Crippen LogP contribution in [-0.2, 0) is 6.54 Å². The average molecular weight is 446 g/mol. The minimum absolute atomic E-state index is 0.255. The fourth-order valence-corrected chi connectivity index (χ4v) is 2.79. The molecule has 2 N–H and O–H groups in total. The number of halogens is 3. The quantitative estimate of drug-likeness (QED) is 0.601. The van der Waals surface area contributed by atoms with E-state index in [-0.39, 0.29) is 5.82 Å². The predicted octanol–water partition coefficient (Wildman–Crippen LogP) is 4.17. The van der Waals surface area contributed by atoms with E-state index in [0.29, 0.717) is 27.1 Å². The molecule has 3 aromatic rings. The van der Waals surface area contributed by atoms with Gasteiger partial charge >= 0.3 is 0 Å². The topological polar surface area (TPSA) is 43.8 Å². The fourth-order valence-electron chi connectivity index (χ4n) is 2.08. The van der Waals surface area contributed by atoms with Crippen LogP contribution in [-0.4, -0.2) is 9.55 Å². The number of hydrogen-bond donors (Lipinski definition) is 1. The zero-order valence-electron chi connectivity index (χ0n) is 10.3. The van der Waals surface area contributed by atoms with Crippen molar-refractivity contribution in [2.45, 2.75) is 6.54 Å². The average Bonchev–Trinajstić information content (AvgIpc) is 2.69. The molecule has 3 rings (SSSR count). The Bertz CT molecular complexity index is 783. The number of aromatic nitrogens is 2. The number of rotatable bonds is 2. The van der Waals surface area contributed by atoms with Crippen LogP contribution in [0.2, 0.25) is 0 Å². The highest BCUT2D eigenvalue weighted by atomic mass is 127. The van der Waals surface area contributed by atoms with E-state index in [0.717, 1.165) is 10.0 Å². The Labute approximate surface area is 137 Å². The van der Waals surface area contributed by atoms with Crippen molar-refractivity contribution in [1.82, 2.24) is 9.55 Å². The van der Waals surface area contributed by atoms with Crippen LogP contribution in [0.15, 0.2) is 40.9 Å². The summed E-state index contributed by atoms with van der Waals surface area (Å²) in [6, 6.07) is 11.1. The van der Waals surface area contributed by atoms with E-state index in [1.54, 1.807) is 6.07 Å². The summed E-state index contributed by atoms with van der Waals surface area (Å²) in [5.41, 5.74) is 8.46. The third kappa shape index (κ3) is 2.54. The lowest BCUT2D eigenvalue weighted by Crippen LogP contribution is -2.04. The molecule has 3 nitrogen and oxygen atoms in total. The van der Waals surface area contributed by atoms with Crippen LogP contribution in [0.25, 0.3) is 11.0 Å². The minimum Gasteiger partial charge on any atom is -0.369 e. The number of imidazole rings is 1. The maximum absolute atomic E-state index is 13.7. The number of nitrogens with two attached hydrogens (primary N) is 1. The molecule has 0 aliphatic carbocycles. The molecule has 0 saturated heterocycles. The second-order valence-electron chi connectivity index (χ2n) is 4.44. The van der Waals surface area contributed by atoms with Crippen molar-refractivity contribution in [3.63, 3.8) is 0 Å². The molecule has 0 unspecified atom stereocenters. The lowest BCUT2D eigenvalue weighted by Gasteiger charge is -2.07. The molecular formula is C14H10BrFIN3. The van der Waals surface area contributed by atoms with Crippen LogP contribution < -0.4 is 5.73 Å². The van der Waals surface area contributed by atoms with Crippen LogP contribution >= 0.6 is 38.5 Å². The standard InChI is InChI=1S/C14H10BrFIN3/c15-9-3-1-8(2-4-9)7-20-13-5-10(16)11(17)6-12(13)19-14(20)18/h1-6H,7H2,(H2,18,19). The Morgan fingerprint density at radius 2 is 1.95 bits per heavy atom.